The largest absolute Gasteiger partial charge is 0.467 e. The van der Waals surface area contributed by atoms with E-state index < -0.39 is 11.9 Å². The van der Waals surface area contributed by atoms with Crippen molar-refractivity contribution in [3.8, 4) is 0 Å². The third-order valence-electron chi connectivity index (χ3n) is 5.90. The van der Waals surface area contributed by atoms with Crippen molar-refractivity contribution in [3.63, 3.8) is 0 Å². The molecular formula is C26H23ClN4O4. The Morgan fingerprint density at radius 1 is 1.17 bits per heavy atom. The Morgan fingerprint density at radius 2 is 1.97 bits per heavy atom. The minimum absolute atomic E-state index is 0.191. The van der Waals surface area contributed by atoms with Gasteiger partial charge in [-0.05, 0) is 42.3 Å². The molecule has 1 unspecified atom stereocenters. The van der Waals surface area contributed by atoms with E-state index in [0.29, 0.717) is 29.3 Å². The molecule has 3 heterocycles. The van der Waals surface area contributed by atoms with Gasteiger partial charge in [0.2, 0.25) is 0 Å². The van der Waals surface area contributed by atoms with E-state index >= 15 is 0 Å². The van der Waals surface area contributed by atoms with Gasteiger partial charge >= 0.3 is 0 Å². The molecule has 0 saturated heterocycles. The van der Waals surface area contributed by atoms with E-state index in [4.69, 9.17) is 20.9 Å². The Hall–Kier alpha value is -3.91. The number of hydrogen-bond acceptors (Lipinski definition) is 6. The second kappa shape index (κ2) is 9.76. The number of benzene rings is 2. The van der Waals surface area contributed by atoms with Gasteiger partial charge in [-0.15, -0.1) is 0 Å². The van der Waals surface area contributed by atoms with Crippen molar-refractivity contribution in [2.45, 2.75) is 25.8 Å². The van der Waals surface area contributed by atoms with Crippen LogP contribution in [-0.4, -0.2) is 41.4 Å². The average molecular weight is 491 g/mol. The number of hydrogen-bond donors (Lipinski definition) is 0. The molecule has 178 valence electrons. The maximum atomic E-state index is 13.1. The third-order valence-corrected chi connectivity index (χ3v) is 6.16. The van der Waals surface area contributed by atoms with Crippen molar-refractivity contribution in [2.75, 3.05) is 18.1 Å². The van der Waals surface area contributed by atoms with Crippen molar-refractivity contribution in [2.24, 2.45) is 10.3 Å². The van der Waals surface area contributed by atoms with Crippen molar-refractivity contribution >= 4 is 40.5 Å². The van der Waals surface area contributed by atoms with E-state index in [9.17, 15) is 9.59 Å². The van der Waals surface area contributed by atoms with Gasteiger partial charge in [0.05, 0.1) is 17.7 Å². The summed E-state index contributed by atoms with van der Waals surface area (Å²) in [4.78, 5) is 33.1. The van der Waals surface area contributed by atoms with Crippen LogP contribution in [0.5, 0.6) is 0 Å². The quantitative estimate of drug-likeness (QED) is 0.445. The number of carbonyl (C=O) groups is 2. The highest BCUT2D eigenvalue weighted by atomic mass is 35.5. The number of fused-ring (bicyclic) bond motifs is 1. The molecule has 0 aliphatic carbocycles. The number of nitrogens with zero attached hydrogens (tertiary/aromatic N) is 4. The summed E-state index contributed by atoms with van der Waals surface area (Å²) >= 11 is 6.01. The van der Waals surface area contributed by atoms with Crippen LogP contribution >= 0.6 is 11.6 Å². The summed E-state index contributed by atoms with van der Waals surface area (Å²) in [6, 6.07) is 17.9. The molecule has 1 aromatic heterocycles. The van der Waals surface area contributed by atoms with Crippen molar-refractivity contribution in [1.82, 2.24) is 5.01 Å². The van der Waals surface area contributed by atoms with E-state index in [0.717, 1.165) is 23.4 Å². The van der Waals surface area contributed by atoms with Crippen molar-refractivity contribution < 1.29 is 18.8 Å². The molecule has 0 spiro atoms. The lowest BCUT2D eigenvalue weighted by atomic mass is 10.0. The predicted molar refractivity (Wildman–Crippen MR) is 132 cm³/mol. The van der Waals surface area contributed by atoms with Crippen LogP contribution in [0.3, 0.4) is 0 Å². The minimum atomic E-state index is -0.409. The standard InChI is InChI=1S/C26H23ClN4O4/c1-2-13-30-21-7-4-3-6-19(21)25(26(30)33)29-35-16-24(32)31-22(23-8-5-14-34-23)15-20(28-31)17-9-11-18(27)12-10-17/h3-12,14,22H,2,13,15-16H2,1H3/b29-25-. The van der Waals surface area contributed by atoms with Crippen LogP contribution in [-0.2, 0) is 14.4 Å². The molecule has 2 aromatic carbocycles. The Morgan fingerprint density at radius 3 is 2.71 bits per heavy atom. The van der Waals surface area contributed by atoms with Crippen LogP contribution in [0.4, 0.5) is 5.69 Å². The summed E-state index contributed by atoms with van der Waals surface area (Å²) in [5.74, 6) is -0.0190. The fraction of sp³-hybridized carbons (Fsp3) is 0.231. The second-order valence-electron chi connectivity index (χ2n) is 8.21. The zero-order valence-corrected chi connectivity index (χ0v) is 19.8. The SMILES string of the molecule is CCCN1C(=O)/C(=N\OCC(=O)N2N=C(c3ccc(Cl)cc3)CC2c2ccco2)c2ccccc21. The molecule has 2 aliphatic heterocycles. The molecule has 9 heteroatoms. The summed E-state index contributed by atoms with van der Waals surface area (Å²) in [7, 11) is 0. The van der Waals surface area contributed by atoms with E-state index in [1.54, 1.807) is 29.4 Å². The van der Waals surface area contributed by atoms with E-state index in [-0.39, 0.29) is 18.2 Å². The number of carbonyl (C=O) groups excluding carboxylic acids is 2. The predicted octanol–water partition coefficient (Wildman–Crippen LogP) is 4.79. The van der Waals surface area contributed by atoms with Gasteiger partial charge < -0.3 is 14.2 Å². The number of oxime groups is 1. The first-order valence-electron chi connectivity index (χ1n) is 11.4. The Bertz CT molecular complexity index is 1300. The molecule has 35 heavy (non-hydrogen) atoms. The third kappa shape index (κ3) is 4.44. The molecule has 0 radical (unpaired) electrons. The molecule has 0 saturated carbocycles. The minimum Gasteiger partial charge on any atom is -0.467 e. The second-order valence-corrected chi connectivity index (χ2v) is 8.65. The monoisotopic (exact) mass is 490 g/mol. The molecule has 1 atom stereocenters. The summed E-state index contributed by atoms with van der Waals surface area (Å²) in [5.41, 5.74) is 3.28. The topological polar surface area (TPSA) is 87.7 Å². The fourth-order valence-corrected chi connectivity index (χ4v) is 4.40. The lowest BCUT2D eigenvalue weighted by Gasteiger charge is -2.19. The maximum Gasteiger partial charge on any atom is 0.284 e. The molecule has 3 aromatic rings. The number of anilines is 1. The molecule has 8 nitrogen and oxygen atoms in total. The smallest absolute Gasteiger partial charge is 0.284 e. The number of amides is 2. The van der Waals surface area contributed by atoms with Crippen LogP contribution < -0.4 is 4.90 Å². The first-order valence-corrected chi connectivity index (χ1v) is 11.7. The van der Waals surface area contributed by atoms with E-state index in [1.165, 1.54) is 5.01 Å². The number of furan rings is 1. The van der Waals surface area contributed by atoms with E-state index in [2.05, 4.69) is 10.3 Å². The van der Waals surface area contributed by atoms with Crippen LogP contribution in [0.15, 0.2) is 81.6 Å². The van der Waals surface area contributed by atoms with Gasteiger partial charge in [-0.25, -0.2) is 5.01 Å². The Balaban J connectivity index is 1.35. The molecule has 2 aliphatic rings. The van der Waals surface area contributed by atoms with Crippen LogP contribution in [0.1, 0.15) is 42.7 Å². The van der Waals surface area contributed by atoms with Gasteiger partial charge in [0.25, 0.3) is 11.8 Å². The van der Waals surface area contributed by atoms with Gasteiger partial charge in [-0.2, -0.15) is 5.10 Å². The number of rotatable bonds is 7. The number of halogens is 1. The first-order chi connectivity index (χ1) is 17.1. The van der Waals surface area contributed by atoms with Gasteiger partial charge in [0, 0.05) is 23.6 Å². The summed E-state index contributed by atoms with van der Waals surface area (Å²) in [6.07, 6.45) is 2.85. The van der Waals surface area contributed by atoms with Crippen LogP contribution in [0.2, 0.25) is 5.02 Å². The molecule has 0 N–H and O–H groups in total. The lowest BCUT2D eigenvalue weighted by molar-refractivity contribution is -0.138. The molecule has 0 bridgehead atoms. The Kier molecular flexibility index (Phi) is 6.37. The normalized spacial score (nSPS) is 18.2. The first kappa shape index (κ1) is 22.9. The molecular weight excluding hydrogens is 468 g/mol. The van der Waals surface area contributed by atoms with Crippen molar-refractivity contribution in [1.29, 1.82) is 0 Å². The molecule has 0 fully saturated rings. The van der Waals surface area contributed by atoms with Gasteiger partial charge in [0.1, 0.15) is 11.8 Å². The van der Waals surface area contributed by atoms with Gasteiger partial charge in [-0.3, -0.25) is 9.59 Å². The Labute approximate surface area is 207 Å². The fourth-order valence-electron chi connectivity index (χ4n) is 4.27. The summed E-state index contributed by atoms with van der Waals surface area (Å²) in [6.45, 7) is 2.21. The highest BCUT2D eigenvalue weighted by Crippen LogP contribution is 2.33. The van der Waals surface area contributed by atoms with Gasteiger partial charge in [0.15, 0.2) is 12.3 Å². The van der Waals surface area contributed by atoms with Gasteiger partial charge in [-0.1, -0.05) is 54.0 Å². The van der Waals surface area contributed by atoms with E-state index in [1.807, 2.05) is 49.4 Å². The lowest BCUT2D eigenvalue weighted by Crippen LogP contribution is -2.32. The zero-order chi connectivity index (χ0) is 24.4. The molecule has 2 amide bonds. The average Bonchev–Trinajstić information content (AvgIpc) is 3.60. The van der Waals surface area contributed by atoms with Crippen LogP contribution in [0, 0.1) is 0 Å². The maximum absolute atomic E-state index is 13.1. The summed E-state index contributed by atoms with van der Waals surface area (Å²) < 4.78 is 5.57. The highest BCUT2D eigenvalue weighted by Gasteiger charge is 2.36. The zero-order valence-electron chi connectivity index (χ0n) is 19.1. The highest BCUT2D eigenvalue weighted by molar-refractivity contribution is 6.54. The van der Waals surface area contributed by atoms with Crippen molar-refractivity contribution in [3.05, 3.63) is 88.8 Å². The number of hydrazone groups is 1. The summed E-state index contributed by atoms with van der Waals surface area (Å²) in [5, 5.41) is 10.6. The molecule has 5 rings (SSSR count). The number of para-hydroxylation sites is 1. The van der Waals surface area contributed by atoms with Crippen LogP contribution in [0.25, 0.3) is 0 Å².